The fourth-order valence-corrected chi connectivity index (χ4v) is 1.94. The Morgan fingerprint density at radius 2 is 1.80 bits per heavy atom. The van der Waals surface area contributed by atoms with Crippen LogP contribution in [0.1, 0.15) is 39.5 Å². The number of rotatable bonds is 10. The van der Waals surface area contributed by atoms with Gasteiger partial charge in [0.15, 0.2) is 0 Å². The molecule has 0 saturated heterocycles. The maximum atomic E-state index is 5.98. The average molecular weight is 255 g/mol. The van der Waals surface area contributed by atoms with Crippen LogP contribution in [0.5, 0.6) is 0 Å². The van der Waals surface area contributed by atoms with Crippen LogP contribution in [-0.2, 0) is 8.92 Å². The van der Waals surface area contributed by atoms with E-state index in [2.05, 4.69) is 0 Å². The molecule has 0 radical (unpaired) electrons. The monoisotopic (exact) mass is 254 g/mol. The van der Waals surface area contributed by atoms with Crippen LogP contribution in [0.3, 0.4) is 0 Å². The van der Waals surface area contributed by atoms with Gasteiger partial charge in [-0.1, -0.05) is 12.8 Å². The average Bonchev–Trinajstić information content (AvgIpc) is 2.14. The molecule has 0 atom stereocenters. The second-order valence-corrected chi connectivity index (χ2v) is 6.11. The first kappa shape index (κ1) is 15.6. The van der Waals surface area contributed by atoms with Crippen LogP contribution in [0.4, 0.5) is 0 Å². The zero-order chi connectivity index (χ0) is 11.6. The molecule has 0 aromatic rings. The molecule has 92 valence electrons. The van der Waals surface area contributed by atoms with Gasteiger partial charge in [0.1, 0.15) is 0 Å². The Morgan fingerprint density at radius 3 is 2.40 bits per heavy atom. The first-order valence-corrected chi connectivity index (χ1v) is 6.77. The Labute approximate surface area is 103 Å². The van der Waals surface area contributed by atoms with Gasteiger partial charge in [0.25, 0.3) is 0 Å². The minimum Gasteiger partial charge on any atom is -0.385 e. The number of unbranched alkanes of at least 4 members (excludes halogenated alkanes) is 3. The standard InChI is InChI=1S/C11H23ClO2S/c1-11(2,12)10-14-15-9-7-5-4-6-8-13-3/h4-10H2,1-3H3. The van der Waals surface area contributed by atoms with E-state index in [0.717, 1.165) is 18.8 Å². The molecule has 0 saturated carbocycles. The van der Waals surface area contributed by atoms with Gasteiger partial charge in [-0.25, -0.2) is 0 Å². The Hall–Kier alpha value is 0.560. The summed E-state index contributed by atoms with van der Waals surface area (Å²) in [5.41, 5.74) is 0. The van der Waals surface area contributed by atoms with E-state index >= 15 is 0 Å². The predicted octanol–water partition coefficient (Wildman–Crippen LogP) is 3.88. The number of methoxy groups -OCH3 is 1. The summed E-state index contributed by atoms with van der Waals surface area (Å²) >= 11 is 7.51. The molecule has 0 aliphatic rings. The second kappa shape index (κ2) is 9.76. The SMILES string of the molecule is COCCCCCCSOCC(C)(C)Cl. The normalized spacial score (nSPS) is 12.0. The molecule has 0 bridgehead atoms. The number of halogens is 1. The zero-order valence-corrected chi connectivity index (χ0v) is 11.6. The van der Waals surface area contributed by atoms with E-state index in [1.165, 1.54) is 31.3 Å². The highest BCUT2D eigenvalue weighted by Gasteiger charge is 2.12. The summed E-state index contributed by atoms with van der Waals surface area (Å²) in [5.74, 6) is 1.06. The summed E-state index contributed by atoms with van der Waals surface area (Å²) in [6, 6.07) is 0. The summed E-state index contributed by atoms with van der Waals surface area (Å²) in [7, 11) is 1.75. The van der Waals surface area contributed by atoms with Crippen molar-refractivity contribution in [3.63, 3.8) is 0 Å². The Morgan fingerprint density at radius 1 is 1.13 bits per heavy atom. The molecular formula is C11H23ClO2S. The molecule has 15 heavy (non-hydrogen) atoms. The van der Waals surface area contributed by atoms with E-state index in [4.69, 9.17) is 20.5 Å². The first-order valence-electron chi connectivity index (χ1n) is 5.48. The topological polar surface area (TPSA) is 18.5 Å². The van der Waals surface area contributed by atoms with Crippen LogP contribution in [-0.4, -0.2) is 31.0 Å². The third-order valence-electron chi connectivity index (χ3n) is 1.81. The van der Waals surface area contributed by atoms with Crippen molar-refractivity contribution in [2.24, 2.45) is 0 Å². The third kappa shape index (κ3) is 14.6. The van der Waals surface area contributed by atoms with Crippen LogP contribution < -0.4 is 0 Å². The largest absolute Gasteiger partial charge is 0.385 e. The van der Waals surface area contributed by atoms with Crippen molar-refractivity contribution in [3.05, 3.63) is 0 Å². The highest BCUT2D eigenvalue weighted by Crippen LogP contribution is 2.17. The Bertz CT molecular complexity index is 137. The van der Waals surface area contributed by atoms with Crippen molar-refractivity contribution in [2.45, 2.75) is 44.4 Å². The van der Waals surface area contributed by atoms with Gasteiger partial charge in [-0.3, -0.25) is 0 Å². The lowest BCUT2D eigenvalue weighted by molar-refractivity contribution is 0.192. The van der Waals surface area contributed by atoms with E-state index < -0.39 is 0 Å². The van der Waals surface area contributed by atoms with Crippen LogP contribution in [0, 0.1) is 0 Å². The van der Waals surface area contributed by atoms with Crippen molar-refractivity contribution >= 4 is 23.6 Å². The van der Waals surface area contributed by atoms with Gasteiger partial charge in [0.2, 0.25) is 0 Å². The second-order valence-electron chi connectivity index (χ2n) is 4.21. The van der Waals surface area contributed by atoms with Crippen LogP contribution >= 0.6 is 23.6 Å². The molecule has 0 heterocycles. The Kier molecular flexibility index (Phi) is 10.1. The lowest BCUT2D eigenvalue weighted by Crippen LogP contribution is -2.16. The van der Waals surface area contributed by atoms with Crippen molar-refractivity contribution in [2.75, 3.05) is 26.1 Å². The van der Waals surface area contributed by atoms with E-state index in [-0.39, 0.29) is 4.87 Å². The van der Waals surface area contributed by atoms with Gasteiger partial charge in [-0.15, -0.1) is 11.6 Å². The molecular weight excluding hydrogens is 232 g/mol. The van der Waals surface area contributed by atoms with Gasteiger partial charge in [0.05, 0.1) is 11.5 Å². The maximum absolute atomic E-state index is 5.98. The van der Waals surface area contributed by atoms with Gasteiger partial charge < -0.3 is 8.92 Å². The molecule has 2 nitrogen and oxygen atoms in total. The number of hydrogen-bond acceptors (Lipinski definition) is 3. The van der Waals surface area contributed by atoms with Crippen molar-refractivity contribution in [3.8, 4) is 0 Å². The number of alkyl halides is 1. The number of hydrogen-bond donors (Lipinski definition) is 0. The van der Waals surface area contributed by atoms with Gasteiger partial charge in [-0.2, -0.15) is 0 Å². The number of ether oxygens (including phenoxy) is 1. The van der Waals surface area contributed by atoms with Crippen LogP contribution in [0.2, 0.25) is 0 Å². The molecule has 0 rings (SSSR count). The molecule has 0 aliphatic carbocycles. The van der Waals surface area contributed by atoms with Gasteiger partial charge in [0, 0.05) is 19.5 Å². The minimum atomic E-state index is -0.245. The molecule has 0 aliphatic heterocycles. The van der Waals surface area contributed by atoms with E-state index in [1.807, 2.05) is 13.8 Å². The Balaban J connectivity index is 2.99. The maximum Gasteiger partial charge on any atom is 0.0800 e. The van der Waals surface area contributed by atoms with Gasteiger partial charge in [-0.05, 0) is 38.7 Å². The van der Waals surface area contributed by atoms with Crippen LogP contribution in [0.15, 0.2) is 0 Å². The lowest BCUT2D eigenvalue weighted by Gasteiger charge is -2.14. The molecule has 0 aromatic carbocycles. The molecule has 4 heteroatoms. The molecule has 0 spiro atoms. The fourth-order valence-electron chi connectivity index (χ4n) is 1.00. The quantitative estimate of drug-likeness (QED) is 0.335. The van der Waals surface area contributed by atoms with E-state index in [0.29, 0.717) is 6.61 Å². The molecule has 0 aromatic heterocycles. The molecule has 0 fully saturated rings. The summed E-state index contributed by atoms with van der Waals surface area (Å²) in [4.78, 5) is -0.245. The van der Waals surface area contributed by atoms with Crippen molar-refractivity contribution < 1.29 is 8.92 Å². The minimum absolute atomic E-state index is 0.245. The summed E-state index contributed by atoms with van der Waals surface area (Å²) < 4.78 is 10.4. The third-order valence-corrected chi connectivity index (χ3v) is 2.66. The van der Waals surface area contributed by atoms with E-state index in [9.17, 15) is 0 Å². The predicted molar refractivity (Wildman–Crippen MR) is 68.7 cm³/mol. The molecule has 0 N–H and O–H groups in total. The molecule has 0 amide bonds. The fraction of sp³-hybridized carbons (Fsp3) is 1.00. The van der Waals surface area contributed by atoms with Crippen LogP contribution in [0.25, 0.3) is 0 Å². The summed E-state index contributed by atoms with van der Waals surface area (Å²) in [6.07, 6.45) is 4.87. The van der Waals surface area contributed by atoms with Gasteiger partial charge >= 0.3 is 0 Å². The van der Waals surface area contributed by atoms with Crippen molar-refractivity contribution in [1.29, 1.82) is 0 Å². The highest BCUT2D eigenvalue weighted by atomic mass is 35.5. The highest BCUT2D eigenvalue weighted by molar-refractivity contribution is 7.94. The first-order chi connectivity index (χ1) is 7.06. The van der Waals surface area contributed by atoms with Crippen molar-refractivity contribution in [1.82, 2.24) is 0 Å². The van der Waals surface area contributed by atoms with E-state index in [1.54, 1.807) is 7.11 Å². The summed E-state index contributed by atoms with van der Waals surface area (Å²) in [5, 5.41) is 0. The zero-order valence-electron chi connectivity index (χ0n) is 10.1. The molecule has 0 unspecified atom stereocenters. The summed E-state index contributed by atoms with van der Waals surface area (Å²) in [6.45, 7) is 5.40. The smallest absolute Gasteiger partial charge is 0.0800 e. The lowest BCUT2D eigenvalue weighted by atomic mass is 10.2.